The SMILES string of the molecule is COC1(CNc2nc(C)nc3scc(CC(C)C)c23)CCOCC1. The standard InChI is InChI=1S/C18H27N3O2S/c1-12(2)9-14-10-24-17-15(14)16(20-13(3)21-17)19-11-18(22-4)5-7-23-8-6-18/h10,12H,5-9,11H2,1-4H3,(H,19,20,21). The molecule has 6 heteroatoms. The van der Waals surface area contributed by atoms with Gasteiger partial charge in [0.2, 0.25) is 0 Å². The fourth-order valence-corrected chi connectivity index (χ4v) is 4.27. The van der Waals surface area contributed by atoms with Crippen LogP contribution in [-0.4, -0.2) is 42.4 Å². The highest BCUT2D eigenvalue weighted by Crippen LogP contribution is 2.33. The molecule has 2 aromatic heterocycles. The molecule has 3 heterocycles. The summed E-state index contributed by atoms with van der Waals surface area (Å²) in [6.45, 7) is 8.69. The maximum Gasteiger partial charge on any atom is 0.138 e. The smallest absolute Gasteiger partial charge is 0.138 e. The summed E-state index contributed by atoms with van der Waals surface area (Å²) in [5.41, 5.74) is 1.17. The van der Waals surface area contributed by atoms with Crippen LogP contribution in [0.25, 0.3) is 10.2 Å². The van der Waals surface area contributed by atoms with Crippen molar-refractivity contribution in [2.24, 2.45) is 5.92 Å². The number of rotatable bonds is 6. The molecule has 132 valence electrons. The van der Waals surface area contributed by atoms with Gasteiger partial charge in [0.25, 0.3) is 0 Å². The Bertz CT molecular complexity index is 693. The van der Waals surface area contributed by atoms with E-state index >= 15 is 0 Å². The second-order valence-electron chi connectivity index (χ2n) is 7.01. The van der Waals surface area contributed by atoms with Crippen LogP contribution >= 0.6 is 11.3 Å². The molecule has 5 nitrogen and oxygen atoms in total. The molecular weight excluding hydrogens is 322 g/mol. The number of hydrogen-bond acceptors (Lipinski definition) is 6. The molecule has 1 N–H and O–H groups in total. The molecule has 1 saturated heterocycles. The Labute approximate surface area is 147 Å². The summed E-state index contributed by atoms with van der Waals surface area (Å²) >= 11 is 1.71. The fraction of sp³-hybridized carbons (Fsp3) is 0.667. The number of aryl methyl sites for hydroxylation is 1. The van der Waals surface area contributed by atoms with Gasteiger partial charge in [0, 0.05) is 39.7 Å². The van der Waals surface area contributed by atoms with Crippen LogP contribution in [0.15, 0.2) is 5.38 Å². The number of nitrogens with zero attached hydrogens (tertiary/aromatic N) is 2. The molecule has 1 fully saturated rings. The van der Waals surface area contributed by atoms with Crippen molar-refractivity contribution in [2.45, 2.75) is 45.6 Å². The Morgan fingerprint density at radius 1 is 1.33 bits per heavy atom. The van der Waals surface area contributed by atoms with E-state index in [4.69, 9.17) is 9.47 Å². The van der Waals surface area contributed by atoms with E-state index in [1.165, 1.54) is 10.9 Å². The van der Waals surface area contributed by atoms with Crippen molar-refractivity contribution in [1.29, 1.82) is 0 Å². The van der Waals surface area contributed by atoms with Gasteiger partial charge in [-0.05, 0) is 30.2 Å². The molecule has 1 aliphatic rings. The molecular formula is C18H27N3O2S. The molecule has 0 saturated carbocycles. The first-order valence-corrected chi connectivity index (χ1v) is 9.52. The first-order valence-electron chi connectivity index (χ1n) is 8.64. The highest BCUT2D eigenvalue weighted by molar-refractivity contribution is 7.17. The zero-order valence-electron chi connectivity index (χ0n) is 15.0. The minimum Gasteiger partial charge on any atom is -0.381 e. The number of aromatic nitrogens is 2. The van der Waals surface area contributed by atoms with Gasteiger partial charge in [-0.3, -0.25) is 0 Å². The number of hydrogen-bond donors (Lipinski definition) is 1. The lowest BCUT2D eigenvalue weighted by Gasteiger charge is -2.36. The van der Waals surface area contributed by atoms with E-state index in [9.17, 15) is 0 Å². The van der Waals surface area contributed by atoms with Crippen LogP contribution in [0, 0.1) is 12.8 Å². The number of anilines is 1. The Balaban J connectivity index is 1.88. The Kier molecular flexibility index (Phi) is 5.37. The third-order valence-electron chi connectivity index (χ3n) is 4.66. The van der Waals surface area contributed by atoms with Crippen LogP contribution < -0.4 is 5.32 Å². The largest absolute Gasteiger partial charge is 0.381 e. The van der Waals surface area contributed by atoms with Crippen molar-refractivity contribution in [3.05, 3.63) is 16.8 Å². The van der Waals surface area contributed by atoms with Crippen molar-refractivity contribution < 1.29 is 9.47 Å². The minimum atomic E-state index is -0.169. The molecule has 0 spiro atoms. The van der Waals surface area contributed by atoms with Crippen LogP contribution in [0.5, 0.6) is 0 Å². The maximum atomic E-state index is 5.84. The first kappa shape index (κ1) is 17.6. The molecule has 0 unspecified atom stereocenters. The van der Waals surface area contributed by atoms with Gasteiger partial charge in [0.05, 0.1) is 11.0 Å². The quantitative estimate of drug-likeness (QED) is 0.859. The fourth-order valence-electron chi connectivity index (χ4n) is 3.27. The highest BCUT2D eigenvalue weighted by atomic mass is 32.1. The van der Waals surface area contributed by atoms with Crippen LogP contribution in [0.3, 0.4) is 0 Å². The summed E-state index contributed by atoms with van der Waals surface area (Å²) in [6, 6.07) is 0. The summed E-state index contributed by atoms with van der Waals surface area (Å²) in [6.07, 6.45) is 2.86. The molecule has 0 aliphatic carbocycles. The van der Waals surface area contributed by atoms with Gasteiger partial charge < -0.3 is 14.8 Å². The van der Waals surface area contributed by atoms with Crippen LogP contribution in [0.1, 0.15) is 38.1 Å². The lowest BCUT2D eigenvalue weighted by molar-refractivity contribution is -0.0807. The number of fused-ring (bicyclic) bond motifs is 1. The average Bonchev–Trinajstić information content (AvgIpc) is 2.95. The molecule has 0 aromatic carbocycles. The lowest BCUT2D eigenvalue weighted by Crippen LogP contribution is -2.44. The van der Waals surface area contributed by atoms with Crippen LogP contribution in [-0.2, 0) is 15.9 Å². The summed E-state index contributed by atoms with van der Waals surface area (Å²) in [7, 11) is 1.79. The predicted octanol–water partition coefficient (Wildman–Crippen LogP) is 3.81. The maximum absolute atomic E-state index is 5.84. The van der Waals surface area contributed by atoms with Gasteiger partial charge in [-0.15, -0.1) is 11.3 Å². The van der Waals surface area contributed by atoms with Gasteiger partial charge in [-0.2, -0.15) is 0 Å². The van der Waals surface area contributed by atoms with Crippen molar-refractivity contribution in [3.8, 4) is 0 Å². The molecule has 2 aromatic rings. The zero-order valence-corrected chi connectivity index (χ0v) is 15.8. The number of thiophene rings is 1. The van der Waals surface area contributed by atoms with Gasteiger partial charge in [-0.1, -0.05) is 13.8 Å². The molecule has 0 amide bonds. The summed E-state index contributed by atoms with van der Waals surface area (Å²) in [4.78, 5) is 10.4. The number of methoxy groups -OCH3 is 1. The van der Waals surface area contributed by atoms with Crippen LogP contribution in [0.2, 0.25) is 0 Å². The van der Waals surface area contributed by atoms with Crippen molar-refractivity contribution in [3.63, 3.8) is 0 Å². The summed E-state index contributed by atoms with van der Waals surface area (Å²) in [5.74, 6) is 2.36. The van der Waals surface area contributed by atoms with E-state index < -0.39 is 0 Å². The van der Waals surface area contributed by atoms with E-state index in [1.54, 1.807) is 18.4 Å². The summed E-state index contributed by atoms with van der Waals surface area (Å²) < 4.78 is 11.3. The number of ether oxygens (including phenoxy) is 2. The second kappa shape index (κ2) is 7.33. The molecule has 3 rings (SSSR count). The zero-order chi connectivity index (χ0) is 17.2. The minimum absolute atomic E-state index is 0.169. The third kappa shape index (κ3) is 3.71. The summed E-state index contributed by atoms with van der Waals surface area (Å²) in [5, 5.41) is 6.97. The van der Waals surface area contributed by atoms with Crippen molar-refractivity contribution >= 4 is 27.4 Å². The second-order valence-corrected chi connectivity index (χ2v) is 7.87. The molecule has 1 aliphatic heterocycles. The normalized spacial score (nSPS) is 17.5. The topological polar surface area (TPSA) is 56.3 Å². The van der Waals surface area contributed by atoms with Gasteiger partial charge in [0.15, 0.2) is 0 Å². The van der Waals surface area contributed by atoms with Gasteiger partial charge >= 0.3 is 0 Å². The van der Waals surface area contributed by atoms with E-state index in [0.29, 0.717) is 5.92 Å². The lowest BCUT2D eigenvalue weighted by atomic mass is 9.94. The van der Waals surface area contributed by atoms with E-state index in [1.807, 2.05) is 6.92 Å². The van der Waals surface area contributed by atoms with E-state index in [0.717, 1.165) is 55.5 Å². The highest BCUT2D eigenvalue weighted by Gasteiger charge is 2.32. The number of nitrogens with one attached hydrogen (secondary N) is 1. The molecule has 24 heavy (non-hydrogen) atoms. The van der Waals surface area contributed by atoms with E-state index in [-0.39, 0.29) is 5.60 Å². The molecule has 0 bridgehead atoms. The van der Waals surface area contributed by atoms with E-state index in [2.05, 4.69) is 34.5 Å². The van der Waals surface area contributed by atoms with Crippen LogP contribution in [0.4, 0.5) is 5.82 Å². The Morgan fingerprint density at radius 3 is 2.75 bits per heavy atom. The predicted molar refractivity (Wildman–Crippen MR) is 99.0 cm³/mol. The Hall–Kier alpha value is -1.24. The van der Waals surface area contributed by atoms with Gasteiger partial charge in [-0.25, -0.2) is 9.97 Å². The van der Waals surface area contributed by atoms with Gasteiger partial charge in [0.1, 0.15) is 16.5 Å². The molecule has 0 radical (unpaired) electrons. The monoisotopic (exact) mass is 349 g/mol. The Morgan fingerprint density at radius 2 is 2.08 bits per heavy atom. The average molecular weight is 350 g/mol. The molecule has 0 atom stereocenters. The first-order chi connectivity index (χ1) is 11.5. The van der Waals surface area contributed by atoms with Crippen molar-refractivity contribution in [1.82, 2.24) is 9.97 Å². The third-order valence-corrected chi connectivity index (χ3v) is 5.59. The van der Waals surface area contributed by atoms with Crippen molar-refractivity contribution in [2.75, 3.05) is 32.2 Å².